The van der Waals surface area contributed by atoms with Crippen LogP contribution in [0.4, 0.5) is 0 Å². The van der Waals surface area contributed by atoms with Gasteiger partial charge in [0.05, 0.1) is 12.6 Å². The van der Waals surface area contributed by atoms with Crippen LogP contribution in [0.3, 0.4) is 0 Å². The maximum absolute atomic E-state index is 12.3. The van der Waals surface area contributed by atoms with E-state index in [0.29, 0.717) is 25.4 Å². The van der Waals surface area contributed by atoms with Crippen LogP contribution < -0.4 is 20.7 Å². The van der Waals surface area contributed by atoms with Crippen molar-refractivity contribution in [2.75, 3.05) is 19.7 Å². The van der Waals surface area contributed by atoms with Gasteiger partial charge in [0.1, 0.15) is 17.4 Å². The topological polar surface area (TPSA) is 103 Å². The van der Waals surface area contributed by atoms with Crippen LogP contribution in [0.25, 0.3) is 0 Å². The molecule has 1 aromatic carbocycles. The van der Waals surface area contributed by atoms with Crippen LogP contribution in [0.1, 0.15) is 37.9 Å². The molecule has 1 unspecified atom stereocenters. The van der Waals surface area contributed by atoms with Gasteiger partial charge < -0.3 is 20.7 Å². The molecular weight excluding hydrogens is 332 g/mol. The Morgan fingerprint density at radius 3 is 2.69 bits per heavy atom. The van der Waals surface area contributed by atoms with E-state index in [0.717, 1.165) is 11.1 Å². The quantitative estimate of drug-likeness (QED) is 0.354. The number of hydrogen-bond acceptors (Lipinski definition) is 5. The van der Waals surface area contributed by atoms with Crippen LogP contribution in [0.2, 0.25) is 0 Å². The fourth-order valence-corrected chi connectivity index (χ4v) is 2.28. The Balaban J connectivity index is 2.74. The lowest BCUT2D eigenvalue weighted by molar-refractivity contribution is -0.119. The molecule has 1 rings (SSSR count). The summed E-state index contributed by atoms with van der Waals surface area (Å²) in [5.74, 6) is 0.101. The lowest BCUT2D eigenvalue weighted by Gasteiger charge is -2.18. The van der Waals surface area contributed by atoms with Crippen molar-refractivity contribution in [1.29, 1.82) is 5.26 Å². The number of rotatable bonds is 9. The standard InChI is InChI=1S/C19H26N4O3/c1-5-26-18-7-6-13(2)10-17(18)14(3)23-19(25)16(11-20)12-21-8-9-22-15(4)24/h6-7,10,12,14,21H,5,8-9H2,1-4H3,(H,22,24)(H,23,25)/b16-12-. The van der Waals surface area contributed by atoms with Gasteiger partial charge in [-0.05, 0) is 26.8 Å². The molecule has 0 fully saturated rings. The highest BCUT2D eigenvalue weighted by molar-refractivity contribution is 5.97. The predicted molar refractivity (Wildman–Crippen MR) is 99.3 cm³/mol. The molecule has 0 aliphatic carbocycles. The molecule has 0 bridgehead atoms. The maximum Gasteiger partial charge on any atom is 0.263 e. The maximum atomic E-state index is 12.3. The minimum absolute atomic E-state index is 0.0368. The van der Waals surface area contributed by atoms with Crippen molar-refractivity contribution in [2.24, 2.45) is 0 Å². The number of nitrogens with zero attached hydrogens (tertiary/aromatic N) is 1. The average molecular weight is 358 g/mol. The van der Waals surface area contributed by atoms with Crippen LogP contribution in [0, 0.1) is 18.3 Å². The van der Waals surface area contributed by atoms with Gasteiger partial charge in [-0.15, -0.1) is 0 Å². The zero-order valence-corrected chi connectivity index (χ0v) is 15.7. The van der Waals surface area contributed by atoms with Gasteiger partial charge >= 0.3 is 0 Å². The first kappa shape index (κ1) is 21.0. The lowest BCUT2D eigenvalue weighted by Crippen LogP contribution is -2.30. The Hall–Kier alpha value is -3.01. The van der Waals surface area contributed by atoms with E-state index in [1.165, 1.54) is 13.1 Å². The van der Waals surface area contributed by atoms with Gasteiger partial charge in [-0.1, -0.05) is 17.7 Å². The minimum atomic E-state index is -0.476. The van der Waals surface area contributed by atoms with E-state index in [2.05, 4.69) is 16.0 Å². The molecular formula is C19H26N4O3. The van der Waals surface area contributed by atoms with Crippen molar-refractivity contribution in [2.45, 2.75) is 33.7 Å². The van der Waals surface area contributed by atoms with Crippen molar-refractivity contribution >= 4 is 11.8 Å². The van der Waals surface area contributed by atoms with E-state index in [1.807, 2.05) is 45.0 Å². The number of carbonyl (C=O) groups is 2. The molecule has 1 atom stereocenters. The second kappa shape index (κ2) is 10.8. The third-order valence-corrected chi connectivity index (χ3v) is 3.53. The van der Waals surface area contributed by atoms with E-state index in [1.54, 1.807) is 0 Å². The average Bonchev–Trinajstić information content (AvgIpc) is 2.59. The van der Waals surface area contributed by atoms with E-state index >= 15 is 0 Å². The zero-order chi connectivity index (χ0) is 19.5. The van der Waals surface area contributed by atoms with Crippen LogP contribution in [-0.4, -0.2) is 31.5 Å². The van der Waals surface area contributed by atoms with Gasteiger partial charge in [0.15, 0.2) is 0 Å². The summed E-state index contributed by atoms with van der Waals surface area (Å²) in [6.07, 6.45) is 1.35. The van der Waals surface area contributed by atoms with E-state index in [-0.39, 0.29) is 17.5 Å². The molecule has 1 aromatic rings. The van der Waals surface area contributed by atoms with Crippen LogP contribution in [0.15, 0.2) is 30.0 Å². The minimum Gasteiger partial charge on any atom is -0.494 e. The number of nitriles is 1. The van der Waals surface area contributed by atoms with Gasteiger partial charge in [0.2, 0.25) is 5.91 Å². The number of hydrogen-bond donors (Lipinski definition) is 3. The van der Waals surface area contributed by atoms with Crippen LogP contribution >= 0.6 is 0 Å². The van der Waals surface area contributed by atoms with Gasteiger partial charge in [-0.25, -0.2) is 0 Å². The van der Waals surface area contributed by atoms with E-state index in [9.17, 15) is 14.9 Å². The number of carbonyl (C=O) groups excluding carboxylic acids is 2. The molecule has 7 heteroatoms. The summed E-state index contributed by atoms with van der Waals surface area (Å²) < 4.78 is 5.61. The summed E-state index contributed by atoms with van der Waals surface area (Å²) in [6, 6.07) is 7.34. The van der Waals surface area contributed by atoms with Gasteiger partial charge in [-0.2, -0.15) is 5.26 Å². The van der Waals surface area contributed by atoms with Gasteiger partial charge in [0.25, 0.3) is 5.91 Å². The summed E-state index contributed by atoms with van der Waals surface area (Å²) in [6.45, 7) is 8.48. The summed E-state index contributed by atoms with van der Waals surface area (Å²) in [5.41, 5.74) is 1.88. The molecule has 0 radical (unpaired) electrons. The molecule has 0 spiro atoms. The van der Waals surface area contributed by atoms with E-state index in [4.69, 9.17) is 4.74 Å². The summed E-state index contributed by atoms with van der Waals surface area (Å²) >= 11 is 0. The predicted octanol–water partition coefficient (Wildman–Crippen LogP) is 1.70. The number of aryl methyl sites for hydroxylation is 1. The first-order chi connectivity index (χ1) is 12.4. The van der Waals surface area contributed by atoms with Crippen molar-refractivity contribution in [3.8, 4) is 11.8 Å². The largest absolute Gasteiger partial charge is 0.494 e. The first-order valence-electron chi connectivity index (χ1n) is 8.51. The van der Waals surface area contributed by atoms with Crippen LogP contribution in [0.5, 0.6) is 5.75 Å². The molecule has 7 nitrogen and oxygen atoms in total. The summed E-state index contributed by atoms with van der Waals surface area (Å²) in [4.78, 5) is 23.1. The fraction of sp³-hybridized carbons (Fsp3) is 0.421. The second-order valence-corrected chi connectivity index (χ2v) is 5.78. The molecule has 0 aliphatic heterocycles. The number of ether oxygens (including phenoxy) is 1. The molecule has 0 saturated heterocycles. The van der Waals surface area contributed by atoms with E-state index < -0.39 is 5.91 Å². The third-order valence-electron chi connectivity index (χ3n) is 3.53. The zero-order valence-electron chi connectivity index (χ0n) is 15.7. The Labute approximate surface area is 154 Å². The van der Waals surface area contributed by atoms with Crippen LogP contribution in [-0.2, 0) is 9.59 Å². The molecule has 0 aromatic heterocycles. The SMILES string of the molecule is CCOc1ccc(C)cc1C(C)NC(=O)/C(C#N)=C\NCCNC(C)=O. The van der Waals surface area contributed by atoms with Crippen molar-refractivity contribution in [3.05, 3.63) is 41.1 Å². The highest BCUT2D eigenvalue weighted by Crippen LogP contribution is 2.26. The molecule has 140 valence electrons. The highest BCUT2D eigenvalue weighted by Gasteiger charge is 2.17. The third kappa shape index (κ3) is 6.85. The smallest absolute Gasteiger partial charge is 0.263 e. The summed E-state index contributed by atoms with van der Waals surface area (Å²) in [5, 5.41) is 17.5. The number of nitrogens with one attached hydrogen (secondary N) is 3. The van der Waals surface area contributed by atoms with Gasteiger partial charge in [0, 0.05) is 31.8 Å². The van der Waals surface area contributed by atoms with Gasteiger partial charge in [-0.3, -0.25) is 9.59 Å². The number of benzene rings is 1. The second-order valence-electron chi connectivity index (χ2n) is 5.78. The summed E-state index contributed by atoms with van der Waals surface area (Å²) in [7, 11) is 0. The molecule has 0 heterocycles. The normalized spacial score (nSPS) is 11.9. The number of amides is 2. The van der Waals surface area contributed by atoms with Crippen molar-refractivity contribution in [3.63, 3.8) is 0 Å². The van der Waals surface area contributed by atoms with Crippen molar-refractivity contribution < 1.29 is 14.3 Å². The monoisotopic (exact) mass is 358 g/mol. The molecule has 26 heavy (non-hydrogen) atoms. The Kier molecular flexibility index (Phi) is 8.71. The molecule has 0 saturated carbocycles. The Morgan fingerprint density at radius 2 is 2.08 bits per heavy atom. The Bertz CT molecular complexity index is 707. The molecule has 2 amide bonds. The lowest BCUT2D eigenvalue weighted by atomic mass is 10.0. The Morgan fingerprint density at radius 1 is 1.35 bits per heavy atom. The van der Waals surface area contributed by atoms with Crippen molar-refractivity contribution in [1.82, 2.24) is 16.0 Å². The highest BCUT2D eigenvalue weighted by atomic mass is 16.5. The molecule has 0 aliphatic rings. The molecule has 3 N–H and O–H groups in total. The fourth-order valence-electron chi connectivity index (χ4n) is 2.28. The first-order valence-corrected chi connectivity index (χ1v) is 8.51.